The first-order valence-corrected chi connectivity index (χ1v) is 12.4. The highest BCUT2D eigenvalue weighted by molar-refractivity contribution is 9.10. The van der Waals surface area contributed by atoms with Gasteiger partial charge in [0.25, 0.3) is 5.91 Å². The molecule has 1 saturated heterocycles. The summed E-state index contributed by atoms with van der Waals surface area (Å²) < 4.78 is 45.5. The maximum absolute atomic E-state index is 13.5. The number of amides is 1. The van der Waals surface area contributed by atoms with Crippen LogP contribution in [0.2, 0.25) is 0 Å². The second kappa shape index (κ2) is 12.2. The number of rotatable bonds is 4. The van der Waals surface area contributed by atoms with Gasteiger partial charge in [0.05, 0.1) is 27.1 Å². The minimum Gasteiger partial charge on any atom is -0.475 e. The third-order valence-corrected chi connectivity index (χ3v) is 6.08. The summed E-state index contributed by atoms with van der Waals surface area (Å²) in [7, 11) is 0. The van der Waals surface area contributed by atoms with Gasteiger partial charge in [0, 0.05) is 37.8 Å². The molecule has 0 radical (unpaired) electrons. The maximum atomic E-state index is 13.5. The van der Waals surface area contributed by atoms with Crippen LogP contribution in [0, 0.1) is 17.1 Å². The molecule has 2 N–H and O–H groups in total. The van der Waals surface area contributed by atoms with Crippen molar-refractivity contribution in [3.8, 4) is 6.07 Å². The molecule has 0 spiro atoms. The number of hydrogen-bond acceptors (Lipinski definition) is 7. The van der Waals surface area contributed by atoms with Gasteiger partial charge >= 0.3 is 12.1 Å². The molecule has 0 unspecified atom stereocenters. The van der Waals surface area contributed by atoms with E-state index in [0.717, 1.165) is 0 Å². The number of fused-ring (bicyclic) bond motifs is 1. The van der Waals surface area contributed by atoms with Crippen molar-refractivity contribution in [2.75, 3.05) is 36.4 Å². The predicted octanol–water partition coefficient (Wildman–Crippen LogP) is 4.82. The van der Waals surface area contributed by atoms with Crippen molar-refractivity contribution in [3.05, 3.63) is 57.8 Å². The van der Waals surface area contributed by atoms with E-state index in [9.17, 15) is 27.6 Å². The topological polar surface area (TPSA) is 122 Å². The molecule has 0 aliphatic carbocycles. The van der Waals surface area contributed by atoms with E-state index in [1.807, 2.05) is 13.8 Å². The van der Waals surface area contributed by atoms with Gasteiger partial charge in [0.15, 0.2) is 11.6 Å². The Morgan fingerprint density at radius 3 is 2.26 bits per heavy atom. The van der Waals surface area contributed by atoms with E-state index in [1.54, 1.807) is 23.1 Å². The van der Waals surface area contributed by atoms with Crippen LogP contribution in [-0.4, -0.2) is 70.2 Å². The number of halogens is 5. The number of carbonyl (C=O) groups excluding carboxylic acids is 1. The molecular weight excluding hydrogens is 588 g/mol. The lowest BCUT2D eigenvalue weighted by Gasteiger charge is -2.36. The number of nitriles is 1. The number of nitrogens with zero attached hydrogens (tertiary/aromatic N) is 5. The Bertz CT molecular complexity index is 1420. The summed E-state index contributed by atoms with van der Waals surface area (Å²) in [6.45, 7) is 6.25. The molecule has 9 nitrogen and oxygen atoms in total. The van der Waals surface area contributed by atoms with Crippen LogP contribution in [0.4, 0.5) is 29.2 Å². The summed E-state index contributed by atoms with van der Waals surface area (Å²) in [4.78, 5) is 35.2. The molecule has 4 rings (SSSR count). The van der Waals surface area contributed by atoms with Crippen molar-refractivity contribution in [1.82, 2.24) is 14.9 Å². The van der Waals surface area contributed by atoms with Crippen LogP contribution in [-0.2, 0) is 4.79 Å². The number of carboxylic acid groups (broad SMARTS) is 1. The minimum atomic E-state index is -5.08. The number of aliphatic carboxylic acids is 1. The molecule has 0 bridgehead atoms. The third-order valence-electron chi connectivity index (χ3n) is 5.48. The van der Waals surface area contributed by atoms with Crippen molar-refractivity contribution in [2.24, 2.45) is 0 Å². The second-order valence-electron chi connectivity index (χ2n) is 8.72. The lowest BCUT2D eigenvalue weighted by Crippen LogP contribution is -2.49. The van der Waals surface area contributed by atoms with Gasteiger partial charge in [-0.05, 0) is 66.2 Å². The smallest absolute Gasteiger partial charge is 0.475 e. The summed E-state index contributed by atoms with van der Waals surface area (Å²) in [5, 5.41) is 19.7. The molecule has 206 valence electrons. The van der Waals surface area contributed by atoms with Crippen LogP contribution in [0.25, 0.3) is 11.0 Å². The number of anilines is 2. The SMILES string of the molecule is CC(C)Nc1nc2ccc(C#N)cc2nc1N1CCN(C(=O)c2ccc(F)c(Br)c2)CC1.O=C(O)C(F)(F)F. The summed E-state index contributed by atoms with van der Waals surface area (Å²) in [5.41, 5.74) is 2.35. The van der Waals surface area contributed by atoms with Crippen LogP contribution in [0.15, 0.2) is 40.9 Å². The largest absolute Gasteiger partial charge is 0.490 e. The van der Waals surface area contributed by atoms with E-state index in [2.05, 4.69) is 32.2 Å². The molecule has 0 saturated carbocycles. The van der Waals surface area contributed by atoms with Crippen LogP contribution < -0.4 is 10.2 Å². The lowest BCUT2D eigenvalue weighted by atomic mass is 10.1. The van der Waals surface area contributed by atoms with Gasteiger partial charge in [-0.2, -0.15) is 18.4 Å². The van der Waals surface area contributed by atoms with E-state index in [4.69, 9.17) is 19.9 Å². The van der Waals surface area contributed by atoms with Crippen LogP contribution in [0.5, 0.6) is 0 Å². The molecule has 2 heterocycles. The highest BCUT2D eigenvalue weighted by Crippen LogP contribution is 2.28. The number of carbonyl (C=O) groups is 2. The zero-order valence-electron chi connectivity index (χ0n) is 20.8. The molecule has 1 fully saturated rings. The standard InChI is InChI=1S/C23H22BrFN6O.C2HF3O2/c1-14(2)27-21-22(29-20-11-15(13-26)3-6-19(20)28-21)30-7-9-31(10-8-30)23(32)16-4-5-18(25)17(24)12-16;3-2(4,5)1(6)7/h3-6,11-12,14H,7-10H2,1-2H3,(H,27,28);(H,6,7). The van der Waals surface area contributed by atoms with Gasteiger partial charge < -0.3 is 20.2 Å². The molecule has 1 aromatic heterocycles. The number of benzene rings is 2. The molecule has 0 atom stereocenters. The Kier molecular flexibility index (Phi) is 9.28. The molecule has 1 aliphatic rings. The summed E-state index contributed by atoms with van der Waals surface area (Å²) in [5.74, 6) is -1.90. The Labute approximate surface area is 229 Å². The number of nitrogens with one attached hydrogen (secondary N) is 1. The Morgan fingerprint density at radius 2 is 1.72 bits per heavy atom. The zero-order valence-corrected chi connectivity index (χ0v) is 22.3. The molecule has 14 heteroatoms. The lowest BCUT2D eigenvalue weighted by molar-refractivity contribution is -0.192. The number of carboxylic acids is 1. The van der Waals surface area contributed by atoms with Gasteiger partial charge in [-0.1, -0.05) is 0 Å². The van der Waals surface area contributed by atoms with E-state index in [-0.39, 0.29) is 16.4 Å². The van der Waals surface area contributed by atoms with E-state index >= 15 is 0 Å². The van der Waals surface area contributed by atoms with Gasteiger partial charge in [-0.25, -0.2) is 19.2 Å². The fourth-order valence-corrected chi connectivity index (χ4v) is 4.02. The van der Waals surface area contributed by atoms with Crippen LogP contribution in [0.1, 0.15) is 29.8 Å². The van der Waals surface area contributed by atoms with E-state index in [1.165, 1.54) is 18.2 Å². The summed E-state index contributed by atoms with van der Waals surface area (Å²) in [6, 6.07) is 11.9. The maximum Gasteiger partial charge on any atom is 0.490 e. The third kappa shape index (κ3) is 7.53. The normalized spacial score (nSPS) is 13.5. The number of piperazine rings is 1. The molecule has 1 amide bonds. The van der Waals surface area contributed by atoms with Crippen molar-refractivity contribution in [3.63, 3.8) is 0 Å². The molecular formula is C25H23BrF4N6O3. The Hall–Kier alpha value is -3.99. The average molecular weight is 611 g/mol. The first-order chi connectivity index (χ1) is 18.3. The van der Waals surface area contributed by atoms with Crippen molar-refractivity contribution >= 4 is 50.5 Å². The molecule has 39 heavy (non-hydrogen) atoms. The fourth-order valence-electron chi connectivity index (χ4n) is 3.64. The number of alkyl halides is 3. The predicted molar refractivity (Wildman–Crippen MR) is 139 cm³/mol. The van der Waals surface area contributed by atoms with E-state index in [0.29, 0.717) is 60.0 Å². The first kappa shape index (κ1) is 29.6. The quantitative estimate of drug-likeness (QED) is 0.403. The number of aromatic nitrogens is 2. The van der Waals surface area contributed by atoms with Crippen LogP contribution in [0.3, 0.4) is 0 Å². The van der Waals surface area contributed by atoms with Crippen molar-refractivity contribution < 1.29 is 32.3 Å². The first-order valence-electron chi connectivity index (χ1n) is 11.6. The second-order valence-corrected chi connectivity index (χ2v) is 9.58. The van der Waals surface area contributed by atoms with Gasteiger partial charge in [-0.3, -0.25) is 4.79 Å². The van der Waals surface area contributed by atoms with E-state index < -0.39 is 18.0 Å². The summed E-state index contributed by atoms with van der Waals surface area (Å²) in [6.07, 6.45) is -5.08. The summed E-state index contributed by atoms with van der Waals surface area (Å²) >= 11 is 3.14. The van der Waals surface area contributed by atoms with Gasteiger partial charge in [0.2, 0.25) is 0 Å². The van der Waals surface area contributed by atoms with Gasteiger partial charge in [-0.15, -0.1) is 0 Å². The molecule has 2 aromatic carbocycles. The molecule has 1 aliphatic heterocycles. The molecule has 3 aromatic rings. The van der Waals surface area contributed by atoms with Crippen molar-refractivity contribution in [1.29, 1.82) is 5.26 Å². The highest BCUT2D eigenvalue weighted by Gasteiger charge is 2.38. The van der Waals surface area contributed by atoms with Gasteiger partial charge in [0.1, 0.15) is 5.82 Å². The highest BCUT2D eigenvalue weighted by atomic mass is 79.9. The average Bonchev–Trinajstić information content (AvgIpc) is 2.88. The minimum absolute atomic E-state index is 0.130. The Balaban J connectivity index is 0.000000532. The van der Waals surface area contributed by atoms with Crippen molar-refractivity contribution in [2.45, 2.75) is 26.1 Å². The Morgan fingerprint density at radius 1 is 1.08 bits per heavy atom. The van der Waals surface area contributed by atoms with Crippen LogP contribution >= 0.6 is 15.9 Å². The number of hydrogen-bond donors (Lipinski definition) is 2. The fraction of sp³-hybridized carbons (Fsp3) is 0.320. The monoisotopic (exact) mass is 610 g/mol. The zero-order chi connectivity index (χ0) is 28.9.